The summed E-state index contributed by atoms with van der Waals surface area (Å²) in [6, 6.07) is 1.54. The molecule has 0 radical (unpaired) electrons. The molecule has 1 N–H and O–H groups in total. The van der Waals surface area contributed by atoms with E-state index in [1.54, 1.807) is 0 Å². The van der Waals surface area contributed by atoms with E-state index in [0.717, 1.165) is 12.0 Å². The topological polar surface area (TPSA) is 15.3 Å². The van der Waals surface area contributed by atoms with Gasteiger partial charge in [-0.05, 0) is 50.0 Å². The van der Waals surface area contributed by atoms with Crippen molar-refractivity contribution in [3.63, 3.8) is 0 Å². The minimum absolute atomic E-state index is 0.558. The molecule has 2 aliphatic rings. The minimum Gasteiger partial charge on any atom is -0.314 e. The van der Waals surface area contributed by atoms with E-state index in [1.807, 2.05) is 0 Å². The van der Waals surface area contributed by atoms with Crippen LogP contribution in [0.25, 0.3) is 0 Å². The molecule has 2 rings (SSSR count). The molecule has 0 aromatic carbocycles. The van der Waals surface area contributed by atoms with Gasteiger partial charge < -0.3 is 5.32 Å². The molecule has 0 atom stereocenters. The lowest BCUT2D eigenvalue weighted by Gasteiger charge is -2.42. The zero-order valence-corrected chi connectivity index (χ0v) is 15.0. The van der Waals surface area contributed by atoms with Gasteiger partial charge in [0.05, 0.1) is 0 Å². The average molecular weight is 295 g/mol. The van der Waals surface area contributed by atoms with Gasteiger partial charge >= 0.3 is 0 Å². The van der Waals surface area contributed by atoms with Gasteiger partial charge in [0.2, 0.25) is 0 Å². The van der Waals surface area contributed by atoms with Crippen molar-refractivity contribution in [1.29, 1.82) is 0 Å². The molecule has 0 unspecified atom stereocenters. The van der Waals surface area contributed by atoms with E-state index < -0.39 is 0 Å². The highest BCUT2D eigenvalue weighted by Crippen LogP contribution is 2.39. The number of nitrogens with one attached hydrogen (secondary N) is 1. The fourth-order valence-electron chi connectivity index (χ4n) is 3.80. The van der Waals surface area contributed by atoms with E-state index in [9.17, 15) is 0 Å². The Kier molecular flexibility index (Phi) is 6.55. The Labute approximate surface area is 133 Å². The molecule has 124 valence electrons. The molecule has 21 heavy (non-hydrogen) atoms. The first-order valence-corrected chi connectivity index (χ1v) is 9.48. The SMILES string of the molecule is CC(C)CCN(CC1(CNC(C)C)CCCCC1)C1CC1. The van der Waals surface area contributed by atoms with Crippen LogP contribution in [0.4, 0.5) is 0 Å². The predicted octanol–water partition coefficient (Wildman–Crippen LogP) is 4.45. The Morgan fingerprint density at radius 1 is 1.05 bits per heavy atom. The molecule has 2 nitrogen and oxygen atoms in total. The van der Waals surface area contributed by atoms with Crippen molar-refractivity contribution in [2.75, 3.05) is 19.6 Å². The largest absolute Gasteiger partial charge is 0.314 e. The molecule has 0 amide bonds. The van der Waals surface area contributed by atoms with Gasteiger partial charge in [-0.2, -0.15) is 0 Å². The number of hydrogen-bond acceptors (Lipinski definition) is 2. The first-order valence-electron chi connectivity index (χ1n) is 9.48. The van der Waals surface area contributed by atoms with Gasteiger partial charge in [0, 0.05) is 25.2 Å². The third-order valence-electron chi connectivity index (χ3n) is 5.39. The first kappa shape index (κ1) is 17.3. The minimum atomic E-state index is 0.558. The summed E-state index contributed by atoms with van der Waals surface area (Å²) in [7, 11) is 0. The number of hydrogen-bond donors (Lipinski definition) is 1. The van der Waals surface area contributed by atoms with E-state index in [-0.39, 0.29) is 0 Å². The van der Waals surface area contributed by atoms with Crippen molar-refractivity contribution < 1.29 is 0 Å². The Bertz CT molecular complexity index is 288. The lowest BCUT2D eigenvalue weighted by molar-refractivity contribution is 0.0919. The maximum absolute atomic E-state index is 3.76. The summed E-state index contributed by atoms with van der Waals surface area (Å²) < 4.78 is 0. The molecule has 0 bridgehead atoms. The molecule has 0 aromatic heterocycles. The van der Waals surface area contributed by atoms with Gasteiger partial charge in [-0.15, -0.1) is 0 Å². The summed E-state index contributed by atoms with van der Waals surface area (Å²) in [6.45, 7) is 13.2. The summed E-state index contributed by atoms with van der Waals surface area (Å²) in [5, 5.41) is 3.76. The highest BCUT2D eigenvalue weighted by molar-refractivity contribution is 4.93. The monoisotopic (exact) mass is 294 g/mol. The summed E-state index contributed by atoms with van der Waals surface area (Å²) >= 11 is 0. The summed E-state index contributed by atoms with van der Waals surface area (Å²) in [5.41, 5.74) is 0.558. The van der Waals surface area contributed by atoms with E-state index in [0.29, 0.717) is 11.5 Å². The quantitative estimate of drug-likeness (QED) is 0.676. The van der Waals surface area contributed by atoms with Crippen LogP contribution >= 0.6 is 0 Å². The van der Waals surface area contributed by atoms with Crippen LogP contribution < -0.4 is 5.32 Å². The second-order valence-corrected chi connectivity index (χ2v) is 8.48. The standard InChI is InChI=1S/C19H38N2/c1-16(2)10-13-21(18-8-9-18)15-19(14-20-17(3)4)11-6-5-7-12-19/h16-18,20H,5-15H2,1-4H3. The van der Waals surface area contributed by atoms with E-state index in [2.05, 4.69) is 37.9 Å². The van der Waals surface area contributed by atoms with Crippen molar-refractivity contribution in [2.45, 2.75) is 91.1 Å². The second-order valence-electron chi connectivity index (χ2n) is 8.48. The van der Waals surface area contributed by atoms with Crippen LogP contribution in [-0.2, 0) is 0 Å². The average Bonchev–Trinajstić information content (AvgIpc) is 3.27. The highest BCUT2D eigenvalue weighted by atomic mass is 15.2. The normalized spacial score (nSPS) is 22.4. The summed E-state index contributed by atoms with van der Waals surface area (Å²) in [4.78, 5) is 2.85. The van der Waals surface area contributed by atoms with Crippen molar-refractivity contribution in [1.82, 2.24) is 10.2 Å². The number of nitrogens with zero attached hydrogens (tertiary/aromatic N) is 1. The lowest BCUT2D eigenvalue weighted by atomic mass is 9.73. The van der Waals surface area contributed by atoms with Crippen molar-refractivity contribution in [3.05, 3.63) is 0 Å². The lowest BCUT2D eigenvalue weighted by Crippen LogP contribution is -2.47. The first-order chi connectivity index (χ1) is 10.0. The third kappa shape index (κ3) is 5.90. The fraction of sp³-hybridized carbons (Fsp3) is 1.00. The molecule has 2 heteroatoms. The molecule has 0 heterocycles. The summed E-state index contributed by atoms with van der Waals surface area (Å²) in [6.07, 6.45) is 11.5. The van der Waals surface area contributed by atoms with Crippen LogP contribution in [0, 0.1) is 11.3 Å². The van der Waals surface area contributed by atoms with E-state index >= 15 is 0 Å². The van der Waals surface area contributed by atoms with Crippen molar-refractivity contribution >= 4 is 0 Å². The second kappa shape index (κ2) is 7.97. The Morgan fingerprint density at radius 2 is 1.71 bits per heavy atom. The summed E-state index contributed by atoms with van der Waals surface area (Å²) in [5.74, 6) is 0.836. The van der Waals surface area contributed by atoms with Crippen LogP contribution in [-0.4, -0.2) is 36.6 Å². The van der Waals surface area contributed by atoms with Crippen LogP contribution in [0.2, 0.25) is 0 Å². The van der Waals surface area contributed by atoms with Crippen molar-refractivity contribution in [3.8, 4) is 0 Å². The predicted molar refractivity (Wildman–Crippen MR) is 92.7 cm³/mol. The van der Waals surface area contributed by atoms with Gasteiger partial charge in [-0.25, -0.2) is 0 Å². The van der Waals surface area contributed by atoms with Crippen LogP contribution in [0.3, 0.4) is 0 Å². The van der Waals surface area contributed by atoms with Crippen LogP contribution in [0.15, 0.2) is 0 Å². The molecule has 0 saturated heterocycles. The Hall–Kier alpha value is -0.0800. The molecular formula is C19H38N2. The van der Waals surface area contributed by atoms with Crippen molar-refractivity contribution in [2.24, 2.45) is 11.3 Å². The Balaban J connectivity index is 1.94. The molecule has 2 saturated carbocycles. The molecule has 2 fully saturated rings. The molecule has 2 aliphatic carbocycles. The fourth-order valence-corrected chi connectivity index (χ4v) is 3.80. The zero-order valence-electron chi connectivity index (χ0n) is 15.0. The smallest absolute Gasteiger partial charge is 0.00966 e. The maximum atomic E-state index is 3.76. The van der Waals surface area contributed by atoms with Gasteiger partial charge in [0.25, 0.3) is 0 Å². The van der Waals surface area contributed by atoms with Gasteiger partial charge in [0.1, 0.15) is 0 Å². The van der Waals surface area contributed by atoms with E-state index in [4.69, 9.17) is 0 Å². The molecule has 0 spiro atoms. The maximum Gasteiger partial charge on any atom is 0.00966 e. The zero-order chi connectivity index (χ0) is 15.3. The van der Waals surface area contributed by atoms with Gasteiger partial charge in [-0.1, -0.05) is 47.0 Å². The Morgan fingerprint density at radius 3 is 2.24 bits per heavy atom. The van der Waals surface area contributed by atoms with Crippen LogP contribution in [0.5, 0.6) is 0 Å². The van der Waals surface area contributed by atoms with Gasteiger partial charge in [-0.3, -0.25) is 4.90 Å². The number of rotatable bonds is 9. The third-order valence-corrected chi connectivity index (χ3v) is 5.39. The van der Waals surface area contributed by atoms with Crippen LogP contribution in [0.1, 0.15) is 79.1 Å². The molecular weight excluding hydrogens is 256 g/mol. The van der Waals surface area contributed by atoms with Gasteiger partial charge in [0.15, 0.2) is 0 Å². The van der Waals surface area contributed by atoms with E-state index in [1.165, 1.54) is 71.0 Å². The molecule has 0 aromatic rings. The molecule has 0 aliphatic heterocycles. The highest BCUT2D eigenvalue weighted by Gasteiger charge is 2.38.